The Morgan fingerprint density at radius 2 is 1.95 bits per heavy atom. The van der Waals surface area contributed by atoms with Crippen LogP contribution in [0.5, 0.6) is 0 Å². The number of anilines is 1. The first-order chi connectivity index (χ1) is 9.69. The maximum atomic E-state index is 11.1. The van der Waals surface area contributed by atoms with Crippen LogP contribution >= 0.6 is 0 Å². The number of nitro benzene ring substituents is 1. The minimum atomic E-state index is -0.415. The largest absolute Gasteiger partial charge is 0.376 e. The van der Waals surface area contributed by atoms with Gasteiger partial charge in [-0.05, 0) is 55.1 Å². The minimum Gasteiger partial charge on any atom is -0.376 e. The second kappa shape index (κ2) is 4.04. The van der Waals surface area contributed by atoms with Gasteiger partial charge in [-0.2, -0.15) is 0 Å². The molecular weight excluding hydrogens is 256 g/mol. The van der Waals surface area contributed by atoms with Gasteiger partial charge in [0.1, 0.15) is 12.0 Å². The molecular formula is C15H16N2O3. The predicted octanol–water partition coefficient (Wildman–Crippen LogP) is 2.86. The van der Waals surface area contributed by atoms with Crippen LogP contribution in [-0.4, -0.2) is 17.3 Å². The zero-order chi connectivity index (χ0) is 13.9. The Hall–Kier alpha value is -1.91. The summed E-state index contributed by atoms with van der Waals surface area (Å²) in [7, 11) is 0. The third-order valence-electron chi connectivity index (χ3n) is 5.41. The number of hydrogen-bond donors (Lipinski definition) is 1. The van der Waals surface area contributed by atoms with E-state index in [0.717, 1.165) is 23.7 Å². The van der Waals surface area contributed by atoms with Crippen molar-refractivity contribution in [1.29, 1.82) is 0 Å². The van der Waals surface area contributed by atoms with E-state index in [2.05, 4.69) is 5.32 Å². The summed E-state index contributed by atoms with van der Waals surface area (Å²) in [5.74, 6) is 3.10. The fourth-order valence-corrected chi connectivity index (χ4v) is 4.59. The van der Waals surface area contributed by atoms with Crippen LogP contribution in [0.25, 0.3) is 0 Å². The van der Waals surface area contributed by atoms with Crippen molar-refractivity contribution in [2.75, 3.05) is 5.32 Å². The molecule has 2 bridgehead atoms. The van der Waals surface area contributed by atoms with E-state index in [1.807, 2.05) is 0 Å². The van der Waals surface area contributed by atoms with Crippen LogP contribution in [0.4, 0.5) is 11.4 Å². The molecule has 1 aromatic carbocycles. The number of aldehydes is 1. The third-order valence-corrected chi connectivity index (χ3v) is 5.41. The van der Waals surface area contributed by atoms with E-state index in [9.17, 15) is 14.9 Å². The number of nitrogens with one attached hydrogen (secondary N) is 1. The first-order valence-electron chi connectivity index (χ1n) is 7.19. The number of rotatable bonds is 4. The van der Waals surface area contributed by atoms with E-state index < -0.39 is 4.92 Å². The van der Waals surface area contributed by atoms with Crippen LogP contribution in [0.2, 0.25) is 0 Å². The van der Waals surface area contributed by atoms with E-state index in [4.69, 9.17) is 0 Å². The summed E-state index contributed by atoms with van der Waals surface area (Å²) in [5.41, 5.74) is 0.907. The molecule has 4 rings (SSSR count). The fraction of sp³-hybridized carbons (Fsp3) is 0.533. The number of fused-ring (bicyclic) bond motifs is 5. The van der Waals surface area contributed by atoms with Gasteiger partial charge in [-0.25, -0.2) is 0 Å². The van der Waals surface area contributed by atoms with Gasteiger partial charge >= 0.3 is 0 Å². The Balaban J connectivity index is 1.58. The van der Waals surface area contributed by atoms with Crippen molar-refractivity contribution in [2.45, 2.75) is 25.3 Å². The zero-order valence-electron chi connectivity index (χ0n) is 11.0. The number of nitrogens with zero attached hydrogens (tertiary/aromatic N) is 1. The Bertz CT molecular complexity index is 585. The lowest BCUT2D eigenvalue weighted by Crippen LogP contribution is -2.13. The average Bonchev–Trinajstić information content (AvgIpc) is 2.84. The Kier molecular flexibility index (Phi) is 2.40. The molecule has 3 fully saturated rings. The maximum Gasteiger partial charge on any atom is 0.293 e. The molecule has 4 unspecified atom stereocenters. The van der Waals surface area contributed by atoms with Gasteiger partial charge in [-0.3, -0.25) is 14.9 Å². The molecule has 0 radical (unpaired) electrons. The van der Waals surface area contributed by atoms with Crippen molar-refractivity contribution in [2.24, 2.45) is 23.7 Å². The highest BCUT2D eigenvalue weighted by molar-refractivity contribution is 5.79. The first-order valence-corrected chi connectivity index (χ1v) is 7.19. The van der Waals surface area contributed by atoms with Crippen LogP contribution in [-0.2, 0) is 0 Å². The molecule has 1 aromatic rings. The predicted molar refractivity (Wildman–Crippen MR) is 73.7 cm³/mol. The summed E-state index contributed by atoms with van der Waals surface area (Å²) in [6, 6.07) is 5.05. The highest BCUT2D eigenvalue weighted by Gasteiger charge is 2.65. The lowest BCUT2D eigenvalue weighted by Gasteiger charge is -2.12. The fourth-order valence-electron chi connectivity index (χ4n) is 4.59. The molecule has 0 aromatic heterocycles. The lowest BCUT2D eigenvalue weighted by atomic mass is 10.0. The molecule has 5 nitrogen and oxygen atoms in total. The zero-order valence-corrected chi connectivity index (χ0v) is 11.0. The molecule has 3 saturated carbocycles. The van der Waals surface area contributed by atoms with Crippen molar-refractivity contribution >= 4 is 17.7 Å². The minimum absolute atomic E-state index is 0.00641. The van der Waals surface area contributed by atoms with Crippen LogP contribution in [0.15, 0.2) is 18.2 Å². The van der Waals surface area contributed by atoms with Crippen molar-refractivity contribution in [3.63, 3.8) is 0 Å². The number of nitro groups is 1. The number of hydrogen-bond acceptors (Lipinski definition) is 4. The van der Waals surface area contributed by atoms with E-state index in [0.29, 0.717) is 23.6 Å². The summed E-state index contributed by atoms with van der Waals surface area (Å²) in [6.07, 6.45) is 4.66. The number of carbonyl (C=O) groups is 1. The summed E-state index contributed by atoms with van der Waals surface area (Å²) in [4.78, 5) is 21.5. The van der Waals surface area contributed by atoms with Crippen LogP contribution in [0, 0.1) is 33.8 Å². The maximum absolute atomic E-state index is 11.1. The molecule has 0 aliphatic heterocycles. The molecule has 20 heavy (non-hydrogen) atoms. The van der Waals surface area contributed by atoms with Crippen molar-refractivity contribution in [1.82, 2.24) is 0 Å². The summed E-state index contributed by atoms with van der Waals surface area (Å²) in [6.45, 7) is 0. The molecule has 4 atom stereocenters. The van der Waals surface area contributed by atoms with Crippen molar-refractivity contribution < 1.29 is 9.72 Å². The molecule has 5 heteroatoms. The summed E-state index contributed by atoms with van der Waals surface area (Å²) in [5, 5.41) is 14.5. The SMILES string of the molecule is O=Cc1ccc(NC2C3C4CCC(C4)C23)c([N+](=O)[O-])c1. The first kappa shape index (κ1) is 11.9. The monoisotopic (exact) mass is 272 g/mol. The molecule has 0 spiro atoms. The smallest absolute Gasteiger partial charge is 0.293 e. The van der Waals surface area contributed by atoms with Crippen LogP contribution in [0.1, 0.15) is 29.6 Å². The van der Waals surface area contributed by atoms with Crippen LogP contribution < -0.4 is 5.32 Å². The molecule has 3 aliphatic rings. The van der Waals surface area contributed by atoms with Gasteiger partial charge in [0.25, 0.3) is 5.69 Å². The van der Waals surface area contributed by atoms with E-state index in [1.54, 1.807) is 12.1 Å². The summed E-state index contributed by atoms with van der Waals surface area (Å²) < 4.78 is 0. The highest BCUT2D eigenvalue weighted by atomic mass is 16.6. The highest BCUT2D eigenvalue weighted by Crippen LogP contribution is 2.66. The second-order valence-corrected chi connectivity index (χ2v) is 6.31. The van der Waals surface area contributed by atoms with Gasteiger partial charge in [0.05, 0.1) is 4.92 Å². The average molecular weight is 272 g/mol. The van der Waals surface area contributed by atoms with E-state index in [-0.39, 0.29) is 5.69 Å². The second-order valence-electron chi connectivity index (χ2n) is 6.31. The van der Waals surface area contributed by atoms with Gasteiger partial charge in [0.15, 0.2) is 0 Å². The number of carbonyl (C=O) groups excluding carboxylic acids is 1. The van der Waals surface area contributed by atoms with Gasteiger partial charge in [-0.1, -0.05) is 0 Å². The third kappa shape index (κ3) is 1.58. The quantitative estimate of drug-likeness (QED) is 0.519. The van der Waals surface area contributed by atoms with E-state index in [1.165, 1.54) is 25.3 Å². The van der Waals surface area contributed by atoms with E-state index >= 15 is 0 Å². The van der Waals surface area contributed by atoms with Crippen molar-refractivity contribution in [3.8, 4) is 0 Å². The summed E-state index contributed by atoms with van der Waals surface area (Å²) >= 11 is 0. The molecule has 104 valence electrons. The molecule has 0 saturated heterocycles. The van der Waals surface area contributed by atoms with Crippen LogP contribution in [0.3, 0.4) is 0 Å². The normalized spacial score (nSPS) is 36.5. The Morgan fingerprint density at radius 3 is 2.55 bits per heavy atom. The topological polar surface area (TPSA) is 72.2 Å². The molecule has 1 N–H and O–H groups in total. The Labute approximate surface area is 116 Å². The molecule has 0 amide bonds. The van der Waals surface area contributed by atoms with Gasteiger partial charge in [-0.15, -0.1) is 0 Å². The van der Waals surface area contributed by atoms with Gasteiger partial charge in [0, 0.05) is 17.7 Å². The Morgan fingerprint density at radius 1 is 1.25 bits per heavy atom. The standard InChI is InChI=1S/C15H16N2O3/c18-7-8-1-4-11(12(5-8)17(19)20)16-15-13-9-2-3-10(6-9)14(13)15/h1,4-5,7,9-10,13-16H,2-3,6H2. The van der Waals surface area contributed by atoms with Gasteiger partial charge in [0.2, 0.25) is 0 Å². The lowest BCUT2D eigenvalue weighted by molar-refractivity contribution is -0.384. The molecule has 3 aliphatic carbocycles. The molecule has 0 heterocycles. The number of benzene rings is 1. The van der Waals surface area contributed by atoms with Gasteiger partial charge < -0.3 is 5.32 Å². The van der Waals surface area contributed by atoms with Crippen molar-refractivity contribution in [3.05, 3.63) is 33.9 Å².